The summed E-state index contributed by atoms with van der Waals surface area (Å²) >= 11 is 19.9. The molecule has 3 atom stereocenters. The number of benzene rings is 9. The maximum absolute atomic E-state index is 13.6. The number of halogens is 3. The molecule has 1 aromatic heterocycles. The van der Waals surface area contributed by atoms with Gasteiger partial charge in [-0.25, -0.2) is 30.2 Å². The summed E-state index contributed by atoms with van der Waals surface area (Å²) in [6, 6.07) is 52.6. The fraction of sp³-hybridized carbons (Fsp3) is 0.344. The highest BCUT2D eigenvalue weighted by Gasteiger charge is 2.34. The number of rotatable bonds is 33. The number of nitrogens with zero attached hydrogens (tertiary/aromatic N) is 1. The molecule has 0 saturated heterocycles. The number of aromatic amines is 1. The van der Waals surface area contributed by atoms with Gasteiger partial charge in [0.05, 0.1) is 93.7 Å². The molecule has 27 heteroatoms. The lowest BCUT2D eigenvalue weighted by Crippen LogP contribution is -2.23. The van der Waals surface area contributed by atoms with Gasteiger partial charge in [-0.3, -0.25) is 28.8 Å². The van der Waals surface area contributed by atoms with E-state index >= 15 is 0 Å². The second-order valence-electron chi connectivity index (χ2n) is 31.8. The number of H-pyrrole nitrogens is 1. The van der Waals surface area contributed by atoms with Crippen LogP contribution in [0.2, 0.25) is 15.1 Å². The molecule has 21 nitrogen and oxygen atoms in total. The molecule has 3 unspecified atom stereocenters. The molecule has 0 spiro atoms. The SMILES string of the molecule is CC(=O)CC(C(=O)Cc1cc(-c2ccccc2OC(C)C)c(Cl)cc1N)c1ccc(S(=O)(=O)CC2CC2)cc1.CC(=O)CC(C(=O)Nc1cc(Cl)c(-c2ccccc2OC(C)C)cc1N)c1ccc(S(=O)(=O)CC2CC2)cc1.CC(=O)CC(c1ccc(S(=O)(=O)CC2CC2)cc1)c1nc2cc(-c3ccccc3OC(C)C)c(Cl)cc2[nH]1.CC(=O)O. The van der Waals surface area contributed by atoms with Gasteiger partial charge in [0.25, 0.3) is 5.97 Å². The lowest BCUT2D eigenvalue weighted by molar-refractivity contribution is -0.134. The number of sulfone groups is 3. The quantitative estimate of drug-likeness (QED) is 0.0239. The minimum absolute atomic E-state index is 0.0110. The zero-order chi connectivity index (χ0) is 87.2. The van der Waals surface area contributed by atoms with E-state index < -0.39 is 53.2 Å². The van der Waals surface area contributed by atoms with Crippen molar-refractivity contribution in [2.24, 2.45) is 17.8 Å². The number of carbonyl (C=O) groups excluding carboxylic acids is 5. The van der Waals surface area contributed by atoms with Crippen molar-refractivity contribution >= 4 is 127 Å². The Morgan fingerprint density at radius 3 is 1.22 bits per heavy atom. The van der Waals surface area contributed by atoms with Crippen LogP contribution in [0, 0.1) is 17.8 Å². The van der Waals surface area contributed by atoms with Gasteiger partial charge in [0.2, 0.25) is 5.91 Å². The van der Waals surface area contributed by atoms with Gasteiger partial charge < -0.3 is 41.1 Å². The summed E-state index contributed by atoms with van der Waals surface area (Å²) in [4.78, 5) is 81.3. The largest absolute Gasteiger partial charge is 0.490 e. The van der Waals surface area contributed by atoms with Crippen molar-refractivity contribution in [2.45, 2.75) is 184 Å². The summed E-state index contributed by atoms with van der Waals surface area (Å²) < 4.78 is 93.8. The van der Waals surface area contributed by atoms with E-state index in [1.165, 1.54) is 38.1 Å². The molecule has 0 radical (unpaired) electrons. The van der Waals surface area contributed by atoms with Gasteiger partial charge in [-0.2, -0.15) is 0 Å². The third-order valence-corrected chi connectivity index (χ3v) is 26.7. The number of hydrogen-bond acceptors (Lipinski definition) is 18. The molecule has 0 aliphatic heterocycles. The predicted octanol–water partition coefficient (Wildman–Crippen LogP) is 19.8. The molecular formula is C93H102Cl3N5O16S3. The molecule has 10 aromatic rings. The Kier molecular flexibility index (Phi) is 31.0. The van der Waals surface area contributed by atoms with Crippen LogP contribution < -0.4 is 31.0 Å². The van der Waals surface area contributed by atoms with E-state index in [4.69, 9.17) is 75.4 Å². The van der Waals surface area contributed by atoms with Crippen molar-refractivity contribution in [3.63, 3.8) is 0 Å². The van der Waals surface area contributed by atoms with Crippen molar-refractivity contribution in [1.82, 2.24) is 9.97 Å². The lowest BCUT2D eigenvalue weighted by Gasteiger charge is -2.19. The number of aliphatic carboxylic acids is 1. The van der Waals surface area contributed by atoms with Gasteiger partial charge in [0.1, 0.15) is 46.2 Å². The number of ketones is 4. The van der Waals surface area contributed by atoms with Crippen LogP contribution in [0.5, 0.6) is 17.2 Å². The van der Waals surface area contributed by atoms with Crippen LogP contribution >= 0.6 is 34.8 Å². The van der Waals surface area contributed by atoms with Crippen LogP contribution in [-0.4, -0.2) is 111 Å². The first-order valence-corrected chi connectivity index (χ1v) is 46.0. The van der Waals surface area contributed by atoms with Crippen LogP contribution in [0.15, 0.2) is 197 Å². The van der Waals surface area contributed by atoms with Gasteiger partial charge in [-0.15, -0.1) is 0 Å². The minimum atomic E-state index is -3.39. The highest BCUT2D eigenvalue weighted by Crippen LogP contribution is 2.44. The van der Waals surface area contributed by atoms with Crippen LogP contribution in [0.4, 0.5) is 17.1 Å². The van der Waals surface area contributed by atoms with Crippen molar-refractivity contribution in [3.05, 3.63) is 225 Å². The summed E-state index contributed by atoms with van der Waals surface area (Å²) in [5.74, 6) is 0.243. The molecule has 3 fully saturated rings. The van der Waals surface area contributed by atoms with E-state index in [9.17, 15) is 49.2 Å². The molecule has 0 bridgehead atoms. The van der Waals surface area contributed by atoms with Gasteiger partial charge in [-0.1, -0.05) is 126 Å². The molecule has 3 saturated carbocycles. The molecule has 9 aromatic carbocycles. The normalized spacial score (nSPS) is 14.1. The molecule has 3 aliphatic carbocycles. The Bertz CT molecular complexity index is 5760. The lowest BCUT2D eigenvalue weighted by atomic mass is 9.86. The predicted molar refractivity (Wildman–Crippen MR) is 474 cm³/mol. The summed E-state index contributed by atoms with van der Waals surface area (Å²) in [5.41, 5.74) is 22.2. The number of carbonyl (C=O) groups is 6. The molecule has 634 valence electrons. The number of nitrogen functional groups attached to an aromatic ring is 2. The molecular weight excluding hydrogens is 1650 g/mol. The van der Waals surface area contributed by atoms with Gasteiger partial charge in [0, 0.05) is 83.5 Å². The fourth-order valence-corrected chi connectivity index (χ4v) is 19.7. The van der Waals surface area contributed by atoms with Crippen LogP contribution in [-0.2, 0) is 64.7 Å². The van der Waals surface area contributed by atoms with E-state index in [0.717, 1.165) is 90.0 Å². The number of aromatic nitrogens is 2. The average molecular weight is 1750 g/mol. The van der Waals surface area contributed by atoms with Crippen molar-refractivity contribution in [1.29, 1.82) is 0 Å². The number of carboxylic acid groups (broad SMARTS) is 1. The first-order chi connectivity index (χ1) is 56.7. The first-order valence-electron chi connectivity index (χ1n) is 39.9. The van der Waals surface area contributed by atoms with E-state index in [2.05, 4.69) is 10.3 Å². The van der Waals surface area contributed by atoms with E-state index in [0.29, 0.717) is 82.2 Å². The Hall–Kier alpha value is -10.2. The Morgan fingerprint density at radius 1 is 0.458 bits per heavy atom. The second kappa shape index (κ2) is 40.4. The number of carboxylic acids is 1. The van der Waals surface area contributed by atoms with Crippen LogP contribution in [0.1, 0.15) is 173 Å². The fourth-order valence-electron chi connectivity index (χ4n) is 13.8. The number of amides is 1. The molecule has 120 heavy (non-hydrogen) atoms. The van der Waals surface area contributed by atoms with E-state index in [-0.39, 0.29) is 118 Å². The number of ether oxygens (including phenoxy) is 3. The highest BCUT2D eigenvalue weighted by atomic mass is 35.5. The standard InChI is InChI=1S/C31H34ClNO5S.C30H33ClN2O5S.C30H31ClN2O4S.C2H4O2/c1-19(2)38-31-7-5-4-6-25(31)27-15-23(29(33)17-28(27)32)16-30(35)26(14-20(3)34)22-10-12-24(13-11-22)39(36,37)18-21-8-9-21;1-18(2)38-29-7-5-4-6-23(29)25-15-27(32)28(16-26(25)31)33-30(35)24(14-19(3)34)21-10-12-22(13-11-21)39(36,37)17-20-8-9-20;1-18(2)37-29-7-5-4-6-23(29)25-15-27-28(16-26(25)31)33-30(32-27)24(14-19(3)34)21-10-12-22(13-11-21)38(35,36)17-20-8-9-20;1-2(3)4/h4-7,10-13,15,17,19,21,26H,8-9,14,16,18,33H2,1-3H3;4-7,10-13,15-16,18,20,24H,8-9,14,17,32H2,1-3H3,(H,33,35);4-7,10-13,15-16,18,20,24H,8-9,14,17H2,1-3H3,(H,32,33);1H3,(H,3,4). The van der Waals surface area contributed by atoms with Crippen molar-refractivity contribution in [2.75, 3.05) is 34.0 Å². The number of para-hydroxylation sites is 3. The van der Waals surface area contributed by atoms with Crippen molar-refractivity contribution in [3.8, 4) is 50.6 Å². The van der Waals surface area contributed by atoms with Crippen LogP contribution in [0.3, 0.4) is 0 Å². The zero-order valence-corrected chi connectivity index (χ0v) is 73.5. The molecule has 13 rings (SSSR count). The van der Waals surface area contributed by atoms with Gasteiger partial charge in [-0.05, 0) is 232 Å². The van der Waals surface area contributed by atoms with E-state index in [1.54, 1.807) is 79.7 Å². The molecule has 1 heterocycles. The maximum atomic E-state index is 13.6. The molecule has 1 amide bonds. The van der Waals surface area contributed by atoms with Gasteiger partial charge >= 0.3 is 0 Å². The van der Waals surface area contributed by atoms with E-state index in [1.807, 2.05) is 126 Å². The highest BCUT2D eigenvalue weighted by molar-refractivity contribution is 7.92. The monoisotopic (exact) mass is 1750 g/mol. The number of nitrogens with one attached hydrogen (secondary N) is 2. The number of anilines is 3. The number of imidazole rings is 1. The minimum Gasteiger partial charge on any atom is -0.490 e. The van der Waals surface area contributed by atoms with Gasteiger partial charge in [0.15, 0.2) is 29.5 Å². The Morgan fingerprint density at radius 2 is 0.817 bits per heavy atom. The Balaban J connectivity index is 0.000000185. The smallest absolute Gasteiger partial charge is 0.300 e. The van der Waals surface area contributed by atoms with Crippen molar-refractivity contribution < 1.29 is 73.3 Å². The summed E-state index contributed by atoms with van der Waals surface area (Å²) in [6.07, 6.45) is 5.84. The molecule has 7 N–H and O–H groups in total. The summed E-state index contributed by atoms with van der Waals surface area (Å²) in [7, 11) is -10.1. The topological polar surface area (TPSA) is 346 Å². The number of Topliss-reactive ketones (excluding diaryl/α,β-unsaturated/α-hetero) is 4. The zero-order valence-electron chi connectivity index (χ0n) is 68.7. The second-order valence-corrected chi connectivity index (χ2v) is 39.1. The summed E-state index contributed by atoms with van der Waals surface area (Å²) in [6.45, 7) is 17.2. The van der Waals surface area contributed by atoms with Crippen LogP contribution in [0.25, 0.3) is 44.4 Å². The first kappa shape index (κ1) is 92.1. The number of nitrogens with two attached hydrogens (primary N) is 2. The number of hydrogen-bond donors (Lipinski definition) is 5. The Labute approximate surface area is 717 Å². The third-order valence-electron chi connectivity index (χ3n) is 20.1. The number of fused-ring (bicyclic) bond motifs is 1. The average Bonchev–Trinajstić information content (AvgIpc) is 1.63. The third kappa shape index (κ3) is 25.7. The summed E-state index contributed by atoms with van der Waals surface area (Å²) in [5, 5.41) is 11.6. The molecule has 3 aliphatic rings. The maximum Gasteiger partial charge on any atom is 0.300 e.